The second-order valence-electron chi connectivity index (χ2n) is 11.0. The van der Waals surface area contributed by atoms with Gasteiger partial charge in [0.1, 0.15) is 23.0 Å². The van der Waals surface area contributed by atoms with Gasteiger partial charge in [0.15, 0.2) is 5.78 Å². The van der Waals surface area contributed by atoms with E-state index in [2.05, 4.69) is 11.9 Å². The average molecular weight is 466 g/mol. The van der Waals surface area contributed by atoms with E-state index in [0.717, 1.165) is 19.3 Å². The lowest BCUT2D eigenvalue weighted by atomic mass is 9.51. The number of aromatic nitrogens is 1. The Balaban J connectivity index is 1.48. The number of hydrogen-bond acceptors (Lipinski definition) is 6. The molecule has 0 spiro atoms. The first-order valence-corrected chi connectivity index (χ1v) is 12.3. The van der Waals surface area contributed by atoms with E-state index in [1.54, 1.807) is 19.1 Å². The molecule has 34 heavy (non-hydrogen) atoms. The van der Waals surface area contributed by atoms with Crippen LogP contribution in [0, 0.1) is 29.6 Å². The van der Waals surface area contributed by atoms with Crippen LogP contribution in [0.25, 0.3) is 11.1 Å². The summed E-state index contributed by atoms with van der Waals surface area (Å²) in [6, 6.07) is 6.30. The van der Waals surface area contributed by atoms with E-state index < -0.39 is 23.1 Å². The predicted octanol–water partition coefficient (Wildman–Crippen LogP) is 3.53. The number of fused-ring (bicyclic) bond motifs is 3. The van der Waals surface area contributed by atoms with Gasteiger partial charge in [0.05, 0.1) is 18.1 Å². The number of ketones is 1. The fraction of sp³-hybridized carbons (Fsp3) is 0.556. The van der Waals surface area contributed by atoms with Gasteiger partial charge in [-0.25, -0.2) is 0 Å². The number of carbonyl (C=O) groups excluding carboxylic acids is 1. The quantitative estimate of drug-likeness (QED) is 0.585. The first-order chi connectivity index (χ1) is 16.2. The molecule has 0 radical (unpaired) electrons. The molecule has 1 saturated heterocycles. The number of ether oxygens (including phenoxy) is 2. The van der Waals surface area contributed by atoms with Crippen molar-refractivity contribution in [3.63, 3.8) is 0 Å². The molecule has 1 aromatic heterocycles. The van der Waals surface area contributed by atoms with E-state index in [1.807, 2.05) is 6.92 Å². The third-order valence-corrected chi connectivity index (χ3v) is 8.88. The van der Waals surface area contributed by atoms with Crippen molar-refractivity contribution >= 4 is 5.78 Å². The molecule has 7 heteroatoms. The number of nitrogens with one attached hydrogen (secondary N) is 1. The van der Waals surface area contributed by atoms with Gasteiger partial charge >= 0.3 is 0 Å². The van der Waals surface area contributed by atoms with Crippen molar-refractivity contribution in [2.75, 3.05) is 0 Å². The molecule has 1 unspecified atom stereocenters. The monoisotopic (exact) mass is 465 g/mol. The van der Waals surface area contributed by atoms with Gasteiger partial charge in [0, 0.05) is 17.7 Å². The summed E-state index contributed by atoms with van der Waals surface area (Å²) >= 11 is 0. The molecular weight excluding hydrogens is 434 g/mol. The van der Waals surface area contributed by atoms with E-state index in [1.165, 1.54) is 18.3 Å². The number of epoxide rings is 1. The number of hydrogen-bond donors (Lipinski definition) is 3. The minimum Gasteiger partial charge on any atom is -0.508 e. The van der Waals surface area contributed by atoms with Crippen molar-refractivity contribution in [1.29, 1.82) is 0 Å². The molecule has 4 aliphatic rings. The molecule has 3 N–H and O–H groups in total. The molecule has 1 aromatic carbocycles. The van der Waals surface area contributed by atoms with Crippen molar-refractivity contribution in [2.24, 2.45) is 29.6 Å². The van der Waals surface area contributed by atoms with Crippen LogP contribution in [-0.4, -0.2) is 44.9 Å². The Bertz CT molecular complexity index is 1200. The molecule has 180 valence electrons. The number of aliphatic hydroxyl groups is 1. The second kappa shape index (κ2) is 7.43. The summed E-state index contributed by atoms with van der Waals surface area (Å²) in [6.45, 7) is 6.05. The van der Waals surface area contributed by atoms with E-state index in [0.29, 0.717) is 17.0 Å². The van der Waals surface area contributed by atoms with E-state index in [4.69, 9.17) is 9.47 Å². The zero-order valence-electron chi connectivity index (χ0n) is 19.7. The first-order valence-electron chi connectivity index (χ1n) is 12.3. The molecule has 2 aliphatic carbocycles. The van der Waals surface area contributed by atoms with Crippen molar-refractivity contribution in [2.45, 2.75) is 63.9 Å². The molecule has 0 amide bonds. The molecule has 3 heterocycles. The normalized spacial score (nSPS) is 40.5. The van der Waals surface area contributed by atoms with Crippen LogP contribution in [0.3, 0.4) is 0 Å². The molecule has 2 aromatic rings. The molecule has 6 rings (SSSR count). The largest absolute Gasteiger partial charge is 0.508 e. The number of H-pyrrole nitrogens is 1. The van der Waals surface area contributed by atoms with Crippen LogP contribution in [0.4, 0.5) is 0 Å². The fourth-order valence-electron chi connectivity index (χ4n) is 7.16. The van der Waals surface area contributed by atoms with Gasteiger partial charge in [-0.3, -0.25) is 9.59 Å². The van der Waals surface area contributed by atoms with Crippen molar-refractivity contribution < 1.29 is 24.5 Å². The highest BCUT2D eigenvalue weighted by Gasteiger charge is 2.66. The lowest BCUT2D eigenvalue weighted by Crippen LogP contribution is -2.67. The summed E-state index contributed by atoms with van der Waals surface area (Å²) in [5.74, 6) is -0.0929. The number of phenols is 1. The van der Waals surface area contributed by atoms with Crippen molar-refractivity contribution in [3.8, 4) is 22.8 Å². The van der Waals surface area contributed by atoms with Gasteiger partial charge in [-0.15, -0.1) is 0 Å². The fourth-order valence-corrected chi connectivity index (χ4v) is 7.16. The number of pyridine rings is 1. The maximum atomic E-state index is 14.1. The highest BCUT2D eigenvalue weighted by molar-refractivity contribution is 6.02. The number of benzene rings is 1. The summed E-state index contributed by atoms with van der Waals surface area (Å²) in [5.41, 5.74) is -0.629. The van der Waals surface area contributed by atoms with Crippen LogP contribution in [-0.2, 0) is 4.74 Å². The van der Waals surface area contributed by atoms with Crippen molar-refractivity contribution in [1.82, 2.24) is 4.98 Å². The van der Waals surface area contributed by atoms with Crippen LogP contribution in [0.1, 0.15) is 50.4 Å². The maximum Gasteiger partial charge on any atom is 0.206 e. The molecule has 2 saturated carbocycles. The molecule has 7 nitrogen and oxygen atoms in total. The first kappa shape index (κ1) is 21.9. The van der Waals surface area contributed by atoms with Crippen molar-refractivity contribution in [3.05, 3.63) is 46.2 Å². The average Bonchev–Trinajstić information content (AvgIpc) is 3.51. The Kier molecular flexibility index (Phi) is 4.78. The second-order valence-corrected chi connectivity index (χ2v) is 11.0. The molecule has 0 bridgehead atoms. The Morgan fingerprint density at radius 1 is 1.12 bits per heavy atom. The number of rotatable bonds is 2. The van der Waals surface area contributed by atoms with Crippen LogP contribution in [0.15, 0.2) is 35.3 Å². The lowest BCUT2D eigenvalue weighted by Gasteiger charge is -2.57. The van der Waals surface area contributed by atoms with Gasteiger partial charge in [-0.2, -0.15) is 0 Å². The Morgan fingerprint density at radius 2 is 1.82 bits per heavy atom. The highest BCUT2D eigenvalue weighted by Crippen LogP contribution is 2.58. The molecule has 9 atom stereocenters. The summed E-state index contributed by atoms with van der Waals surface area (Å²) < 4.78 is 12.2. The zero-order valence-corrected chi connectivity index (χ0v) is 19.7. The van der Waals surface area contributed by atoms with E-state index >= 15 is 0 Å². The topological polar surface area (TPSA) is 112 Å². The lowest BCUT2D eigenvalue weighted by molar-refractivity contribution is -0.188. The standard InChI is InChI=1S/C27H31NO6/c1-12-4-9-18-16(10-12)19(24-13(2)33-24)20-23(31)21-22(30)17(14-5-7-15(29)8-6-14)11-28-26(21)34-25(20)27(18,3)32/h5-8,11-13,16,18-20,24-25,29,32H,4,9-10H2,1-3H3,(H,28,30)/t12-,13?,16-,18-,19+,20+,24+,25-,27-/m0/s1. The molecular formula is C27H31NO6. The van der Waals surface area contributed by atoms with Gasteiger partial charge in [-0.05, 0) is 62.1 Å². The van der Waals surface area contributed by atoms with Gasteiger partial charge in [0.2, 0.25) is 11.3 Å². The number of phenolic OH excluding ortho intramolecular Hbond substituents is 1. The predicted molar refractivity (Wildman–Crippen MR) is 125 cm³/mol. The molecule has 3 fully saturated rings. The zero-order chi connectivity index (χ0) is 23.9. The summed E-state index contributed by atoms with van der Waals surface area (Å²) in [7, 11) is 0. The number of aromatic amines is 1. The Morgan fingerprint density at radius 3 is 2.50 bits per heavy atom. The minimum absolute atomic E-state index is 0.0169. The van der Waals surface area contributed by atoms with Gasteiger partial charge in [0.25, 0.3) is 0 Å². The third kappa shape index (κ3) is 3.09. The third-order valence-electron chi connectivity index (χ3n) is 8.88. The van der Waals surface area contributed by atoms with Crippen LogP contribution in [0.5, 0.6) is 11.6 Å². The highest BCUT2D eigenvalue weighted by atomic mass is 16.6. The maximum absolute atomic E-state index is 14.1. The number of Topliss-reactive ketones (excluding diaryl/α,β-unsaturated/α-hetero) is 1. The SMILES string of the molecule is CC1O[C@H]1[C@@H]1[C@H]2C[C@@H](C)CC[C@@H]2[C@](C)(O)[C@H]2Oc3[nH]cc(-c4ccc(O)cc4)c(=O)c3C(=O)[C@@H]12. The Labute approximate surface area is 198 Å². The van der Waals surface area contributed by atoms with Crippen LogP contribution < -0.4 is 10.2 Å². The summed E-state index contributed by atoms with van der Waals surface area (Å²) in [4.78, 5) is 30.7. The number of carbonyl (C=O) groups is 1. The van der Waals surface area contributed by atoms with Crippen LogP contribution >= 0.6 is 0 Å². The smallest absolute Gasteiger partial charge is 0.206 e. The van der Waals surface area contributed by atoms with E-state index in [-0.39, 0.29) is 52.9 Å². The van der Waals surface area contributed by atoms with Gasteiger partial charge in [-0.1, -0.05) is 25.5 Å². The minimum atomic E-state index is -1.19. The molecule has 2 aliphatic heterocycles. The summed E-state index contributed by atoms with van der Waals surface area (Å²) in [6.07, 6.45) is 3.66. The number of aromatic hydroxyl groups is 1. The summed E-state index contributed by atoms with van der Waals surface area (Å²) in [5, 5.41) is 21.4. The van der Waals surface area contributed by atoms with Crippen LogP contribution in [0.2, 0.25) is 0 Å². The van der Waals surface area contributed by atoms with Gasteiger partial charge < -0.3 is 24.7 Å². The van der Waals surface area contributed by atoms with E-state index in [9.17, 15) is 19.8 Å². The Hall–Kier alpha value is -2.64.